The van der Waals surface area contributed by atoms with E-state index in [0.717, 1.165) is 37.1 Å². The van der Waals surface area contributed by atoms with E-state index in [1.807, 2.05) is 6.20 Å². The second-order valence-corrected chi connectivity index (χ2v) is 7.63. The minimum absolute atomic E-state index is 0.224. The van der Waals surface area contributed by atoms with Gasteiger partial charge < -0.3 is 9.47 Å². The normalized spacial score (nSPS) is 18.0. The first-order valence-corrected chi connectivity index (χ1v) is 9.75. The molecule has 1 aromatic carbocycles. The van der Waals surface area contributed by atoms with E-state index in [-0.39, 0.29) is 11.7 Å². The fourth-order valence-electron chi connectivity index (χ4n) is 3.92. The lowest BCUT2D eigenvalue weighted by Gasteiger charge is -2.34. The first-order valence-electron chi connectivity index (χ1n) is 9.75. The van der Waals surface area contributed by atoms with Gasteiger partial charge in [-0.1, -0.05) is 31.4 Å². The summed E-state index contributed by atoms with van der Waals surface area (Å²) < 4.78 is 15.2. The van der Waals surface area contributed by atoms with Gasteiger partial charge in [0.15, 0.2) is 0 Å². The number of aromatic nitrogens is 2. The summed E-state index contributed by atoms with van der Waals surface area (Å²) in [5.41, 5.74) is 1.03. The van der Waals surface area contributed by atoms with E-state index in [2.05, 4.69) is 14.5 Å². The van der Waals surface area contributed by atoms with E-state index in [4.69, 9.17) is 0 Å². The number of halogens is 1. The van der Waals surface area contributed by atoms with Crippen LogP contribution >= 0.6 is 0 Å². The van der Waals surface area contributed by atoms with Crippen molar-refractivity contribution in [2.45, 2.75) is 64.1 Å². The van der Waals surface area contributed by atoms with Crippen LogP contribution in [0.15, 0.2) is 36.7 Å². The van der Waals surface area contributed by atoms with Crippen molar-refractivity contribution >= 4 is 5.91 Å². The fourth-order valence-corrected chi connectivity index (χ4v) is 3.92. The molecule has 2 aliphatic rings. The Kier molecular flexibility index (Phi) is 5.05. The van der Waals surface area contributed by atoms with Crippen molar-refractivity contribution in [3.63, 3.8) is 0 Å². The molecule has 1 heterocycles. The smallest absolute Gasteiger partial charge is 0.226 e. The topological polar surface area (TPSA) is 38.1 Å². The maximum Gasteiger partial charge on any atom is 0.226 e. The predicted molar refractivity (Wildman–Crippen MR) is 97.9 cm³/mol. The summed E-state index contributed by atoms with van der Waals surface area (Å²) in [6.45, 7) is 1.22. The van der Waals surface area contributed by atoms with Crippen molar-refractivity contribution in [1.82, 2.24) is 14.5 Å². The monoisotopic (exact) mass is 355 g/mol. The summed E-state index contributed by atoms with van der Waals surface area (Å²) in [5.74, 6) is 1.23. The van der Waals surface area contributed by atoms with Crippen molar-refractivity contribution in [3.05, 3.63) is 53.9 Å². The minimum atomic E-state index is -0.224. The van der Waals surface area contributed by atoms with Crippen LogP contribution in [0.5, 0.6) is 0 Å². The van der Waals surface area contributed by atoms with Gasteiger partial charge in [-0.15, -0.1) is 0 Å². The second-order valence-electron chi connectivity index (χ2n) is 7.63. The summed E-state index contributed by atoms with van der Waals surface area (Å²) in [4.78, 5) is 19.5. The van der Waals surface area contributed by atoms with Crippen LogP contribution in [0.3, 0.4) is 0 Å². The number of amides is 1. The Bertz CT molecular complexity index is 745. The van der Waals surface area contributed by atoms with Crippen molar-refractivity contribution in [1.29, 1.82) is 0 Å². The first-order chi connectivity index (χ1) is 12.7. The molecule has 4 rings (SSSR count). The fraction of sp³-hybridized carbons (Fsp3) is 0.524. The van der Waals surface area contributed by atoms with Gasteiger partial charge in [0, 0.05) is 30.9 Å². The van der Waals surface area contributed by atoms with Gasteiger partial charge in [0.1, 0.15) is 11.6 Å². The van der Waals surface area contributed by atoms with Gasteiger partial charge in [0.2, 0.25) is 5.91 Å². The molecule has 2 saturated carbocycles. The van der Waals surface area contributed by atoms with Gasteiger partial charge in [0.05, 0.1) is 6.54 Å². The van der Waals surface area contributed by atoms with Gasteiger partial charge in [0.25, 0.3) is 0 Å². The molecule has 0 radical (unpaired) electrons. The molecular formula is C21H26FN3O. The molecule has 26 heavy (non-hydrogen) atoms. The zero-order valence-corrected chi connectivity index (χ0v) is 15.1. The highest BCUT2D eigenvalue weighted by molar-refractivity contribution is 5.81. The van der Waals surface area contributed by atoms with Gasteiger partial charge in [-0.2, -0.15) is 0 Å². The number of hydrogen-bond donors (Lipinski definition) is 0. The van der Waals surface area contributed by atoms with Crippen LogP contribution in [0.4, 0.5) is 4.39 Å². The van der Waals surface area contributed by atoms with E-state index in [9.17, 15) is 9.18 Å². The van der Waals surface area contributed by atoms with Crippen molar-refractivity contribution in [2.75, 3.05) is 0 Å². The molecule has 2 aromatic rings. The molecule has 1 aromatic heterocycles. The maximum atomic E-state index is 13.1. The Morgan fingerprint density at radius 2 is 1.85 bits per heavy atom. The summed E-state index contributed by atoms with van der Waals surface area (Å²) in [5, 5.41) is 0. The molecular weight excluding hydrogens is 329 g/mol. The quantitative estimate of drug-likeness (QED) is 0.781. The van der Waals surface area contributed by atoms with Gasteiger partial charge in [-0.25, -0.2) is 9.37 Å². The lowest BCUT2D eigenvalue weighted by atomic mass is 9.94. The molecule has 0 bridgehead atoms. The average molecular weight is 355 g/mol. The predicted octanol–water partition coefficient (Wildman–Crippen LogP) is 4.14. The van der Waals surface area contributed by atoms with E-state index < -0.39 is 0 Å². The van der Waals surface area contributed by atoms with E-state index >= 15 is 0 Å². The molecule has 0 unspecified atom stereocenters. The zero-order chi connectivity index (χ0) is 17.9. The third-order valence-corrected chi connectivity index (χ3v) is 5.60. The Morgan fingerprint density at radius 3 is 2.54 bits per heavy atom. The lowest BCUT2D eigenvalue weighted by molar-refractivity contribution is -0.136. The third kappa shape index (κ3) is 3.97. The Labute approximate surface area is 154 Å². The number of benzene rings is 1. The van der Waals surface area contributed by atoms with Crippen LogP contribution in [-0.2, 0) is 17.9 Å². The molecule has 2 fully saturated rings. The highest BCUT2D eigenvalue weighted by Crippen LogP contribution is 2.34. The summed E-state index contributed by atoms with van der Waals surface area (Å²) in [6, 6.07) is 6.92. The number of hydrogen-bond acceptors (Lipinski definition) is 2. The molecule has 5 heteroatoms. The van der Waals surface area contributed by atoms with Crippen molar-refractivity contribution in [3.8, 4) is 0 Å². The molecule has 1 amide bonds. The van der Waals surface area contributed by atoms with Crippen LogP contribution in [0.2, 0.25) is 0 Å². The molecule has 2 aliphatic carbocycles. The van der Waals surface area contributed by atoms with Crippen LogP contribution < -0.4 is 0 Å². The third-order valence-electron chi connectivity index (χ3n) is 5.60. The first kappa shape index (κ1) is 17.3. The highest BCUT2D eigenvalue weighted by atomic mass is 19.1. The largest absolute Gasteiger partial charge is 0.332 e. The molecule has 4 nitrogen and oxygen atoms in total. The molecule has 0 saturated heterocycles. The van der Waals surface area contributed by atoms with Crippen molar-refractivity contribution < 1.29 is 9.18 Å². The van der Waals surface area contributed by atoms with Crippen LogP contribution in [-0.4, -0.2) is 26.4 Å². The Balaban J connectivity index is 1.51. The van der Waals surface area contributed by atoms with Crippen molar-refractivity contribution in [2.24, 2.45) is 5.92 Å². The molecule has 0 spiro atoms. The zero-order valence-electron chi connectivity index (χ0n) is 15.1. The van der Waals surface area contributed by atoms with Gasteiger partial charge in [-0.3, -0.25) is 4.79 Å². The number of rotatable bonds is 6. The minimum Gasteiger partial charge on any atom is -0.332 e. The van der Waals surface area contributed by atoms with E-state index in [1.165, 1.54) is 31.4 Å². The van der Waals surface area contributed by atoms with Gasteiger partial charge >= 0.3 is 0 Å². The Hall–Kier alpha value is -2.17. The SMILES string of the molecule is O=C(C1CC1)N(Cc1nccn1Cc1ccc(F)cc1)C1CCCCC1. The summed E-state index contributed by atoms with van der Waals surface area (Å²) >= 11 is 0. The number of imidazole rings is 1. The van der Waals surface area contributed by atoms with E-state index in [0.29, 0.717) is 25.0 Å². The van der Waals surface area contributed by atoms with Gasteiger partial charge in [-0.05, 0) is 43.4 Å². The lowest BCUT2D eigenvalue weighted by Crippen LogP contribution is -2.42. The second kappa shape index (κ2) is 7.60. The Morgan fingerprint density at radius 1 is 1.12 bits per heavy atom. The summed E-state index contributed by atoms with van der Waals surface area (Å²) in [7, 11) is 0. The average Bonchev–Trinajstić information content (AvgIpc) is 3.43. The number of carbonyl (C=O) groups excluding carboxylic acids is 1. The molecule has 138 valence electrons. The number of carbonyl (C=O) groups is 1. The highest BCUT2D eigenvalue weighted by Gasteiger charge is 2.37. The van der Waals surface area contributed by atoms with Crippen LogP contribution in [0, 0.1) is 11.7 Å². The standard InChI is InChI=1S/C21H26FN3O/c22-18-10-6-16(7-11-18)14-24-13-12-23-20(24)15-25(21(26)17-8-9-17)19-4-2-1-3-5-19/h6-7,10-13,17,19H,1-5,8-9,14-15H2. The molecule has 0 aliphatic heterocycles. The van der Waals surface area contributed by atoms with E-state index in [1.54, 1.807) is 18.3 Å². The number of nitrogens with zero attached hydrogens (tertiary/aromatic N) is 3. The molecule has 0 N–H and O–H groups in total. The molecule has 0 atom stereocenters. The maximum absolute atomic E-state index is 13.1. The summed E-state index contributed by atoms with van der Waals surface area (Å²) in [6.07, 6.45) is 11.7. The van der Waals surface area contributed by atoms with Crippen LogP contribution in [0.25, 0.3) is 0 Å². The van der Waals surface area contributed by atoms with Crippen LogP contribution in [0.1, 0.15) is 56.3 Å².